The molecule has 1 aromatic carbocycles. The van der Waals surface area contributed by atoms with E-state index >= 15 is 0 Å². The smallest absolute Gasteiger partial charge is 0.240 e. The molecule has 0 radical (unpaired) electrons. The summed E-state index contributed by atoms with van der Waals surface area (Å²) in [5, 5.41) is 0. The van der Waals surface area contributed by atoms with E-state index in [0.29, 0.717) is 4.90 Å². The fourth-order valence-electron chi connectivity index (χ4n) is 3.20. The molecule has 1 heterocycles. The molecule has 1 aliphatic rings. The van der Waals surface area contributed by atoms with E-state index in [9.17, 15) is 8.42 Å². The summed E-state index contributed by atoms with van der Waals surface area (Å²) in [5.74, 6) is 0.226. The minimum absolute atomic E-state index is 0.0429. The molecule has 4 nitrogen and oxygen atoms in total. The lowest BCUT2D eigenvalue weighted by molar-refractivity contribution is 0.357. The number of hydrogen-bond donors (Lipinski definition) is 2. The second-order valence-electron chi connectivity index (χ2n) is 6.06. The average Bonchev–Trinajstić information content (AvgIpc) is 3.02. The summed E-state index contributed by atoms with van der Waals surface area (Å²) in [7, 11) is -3.46. The number of H-pyrrole nitrogens is 1. The molecule has 0 spiro atoms. The zero-order valence-electron chi connectivity index (χ0n) is 12.7. The molecule has 118 valence electrons. The van der Waals surface area contributed by atoms with E-state index in [2.05, 4.69) is 9.71 Å². The summed E-state index contributed by atoms with van der Waals surface area (Å²) >= 11 is 0. The van der Waals surface area contributed by atoms with Crippen LogP contribution in [-0.4, -0.2) is 19.4 Å². The number of hydrogen-bond acceptors (Lipinski definition) is 2. The van der Waals surface area contributed by atoms with Crippen molar-refractivity contribution in [3.05, 3.63) is 53.9 Å². The number of aromatic nitrogens is 1. The molecule has 22 heavy (non-hydrogen) atoms. The maximum Gasteiger partial charge on any atom is 0.240 e. The topological polar surface area (TPSA) is 62.0 Å². The third-order valence-corrected chi connectivity index (χ3v) is 5.93. The quantitative estimate of drug-likeness (QED) is 0.908. The van der Waals surface area contributed by atoms with Crippen LogP contribution in [0.1, 0.15) is 42.9 Å². The van der Waals surface area contributed by atoms with Crippen LogP contribution in [0.4, 0.5) is 0 Å². The fraction of sp³-hybridized carbons (Fsp3) is 0.412. The number of aryl methyl sites for hydroxylation is 1. The predicted molar refractivity (Wildman–Crippen MR) is 87.3 cm³/mol. The van der Waals surface area contributed by atoms with Crippen molar-refractivity contribution in [1.29, 1.82) is 0 Å². The van der Waals surface area contributed by atoms with Gasteiger partial charge in [0.25, 0.3) is 0 Å². The van der Waals surface area contributed by atoms with E-state index in [4.69, 9.17) is 0 Å². The van der Waals surface area contributed by atoms with Crippen LogP contribution >= 0.6 is 0 Å². The van der Waals surface area contributed by atoms with E-state index in [0.717, 1.165) is 36.9 Å². The van der Waals surface area contributed by atoms with Gasteiger partial charge in [-0.15, -0.1) is 0 Å². The Hall–Kier alpha value is -1.59. The van der Waals surface area contributed by atoms with Crippen molar-refractivity contribution < 1.29 is 8.42 Å². The Bertz CT molecular complexity index is 706. The molecule has 0 aliphatic heterocycles. The molecule has 0 saturated heterocycles. The van der Waals surface area contributed by atoms with Crippen LogP contribution in [-0.2, 0) is 10.0 Å². The van der Waals surface area contributed by atoms with Crippen molar-refractivity contribution in [2.75, 3.05) is 0 Å². The Labute approximate surface area is 132 Å². The standard InChI is InChI=1S/C17H22N2O2S/c1-13-8-10-14(11-9-13)22(20,21)19-17-6-3-2-5-15(17)16-7-4-12-18-16/h4,7-12,15,17-19H,2-3,5-6H2,1H3/t15-,17+/m0/s1. The van der Waals surface area contributed by atoms with E-state index in [1.54, 1.807) is 12.1 Å². The largest absolute Gasteiger partial charge is 0.365 e. The van der Waals surface area contributed by atoms with E-state index in [1.807, 2.05) is 37.4 Å². The van der Waals surface area contributed by atoms with Crippen LogP contribution < -0.4 is 4.72 Å². The molecule has 0 amide bonds. The molecule has 1 aromatic heterocycles. The van der Waals surface area contributed by atoms with Crippen molar-refractivity contribution >= 4 is 10.0 Å². The molecule has 1 fully saturated rings. The molecule has 3 rings (SSSR count). The summed E-state index contributed by atoms with van der Waals surface area (Å²) in [6.45, 7) is 1.95. The highest BCUT2D eigenvalue weighted by atomic mass is 32.2. The lowest BCUT2D eigenvalue weighted by Gasteiger charge is -2.31. The van der Waals surface area contributed by atoms with Crippen molar-refractivity contribution in [2.24, 2.45) is 0 Å². The maximum atomic E-state index is 12.6. The number of rotatable bonds is 4. The number of benzene rings is 1. The van der Waals surface area contributed by atoms with Crippen LogP contribution in [0.3, 0.4) is 0 Å². The molecule has 2 atom stereocenters. The molecule has 1 saturated carbocycles. The summed E-state index contributed by atoms with van der Waals surface area (Å²) in [5.41, 5.74) is 2.18. The van der Waals surface area contributed by atoms with Gasteiger partial charge in [0, 0.05) is 23.9 Å². The third-order valence-electron chi connectivity index (χ3n) is 4.43. The van der Waals surface area contributed by atoms with Gasteiger partial charge in [0.05, 0.1) is 4.90 Å². The lowest BCUT2D eigenvalue weighted by atomic mass is 9.83. The Morgan fingerprint density at radius 3 is 2.50 bits per heavy atom. The van der Waals surface area contributed by atoms with Crippen LogP contribution in [0, 0.1) is 6.92 Å². The Morgan fingerprint density at radius 2 is 1.82 bits per heavy atom. The Morgan fingerprint density at radius 1 is 1.09 bits per heavy atom. The molecular formula is C17H22N2O2S. The number of aromatic amines is 1. The summed E-state index contributed by atoms with van der Waals surface area (Å²) in [4.78, 5) is 3.58. The van der Waals surface area contributed by atoms with Crippen molar-refractivity contribution in [2.45, 2.75) is 49.5 Å². The van der Waals surface area contributed by atoms with Crippen LogP contribution in [0.5, 0.6) is 0 Å². The molecule has 0 unspecified atom stereocenters. The summed E-state index contributed by atoms with van der Waals surface area (Å²) < 4.78 is 28.1. The number of sulfonamides is 1. The van der Waals surface area contributed by atoms with Crippen LogP contribution in [0.15, 0.2) is 47.5 Å². The van der Waals surface area contributed by atoms with E-state index in [-0.39, 0.29) is 12.0 Å². The molecule has 0 bridgehead atoms. The zero-order chi connectivity index (χ0) is 15.6. The first-order valence-electron chi connectivity index (χ1n) is 7.78. The molecule has 5 heteroatoms. The lowest BCUT2D eigenvalue weighted by Crippen LogP contribution is -2.41. The SMILES string of the molecule is Cc1ccc(S(=O)(=O)N[C@@H]2CCCC[C@H]2c2ccc[nH]2)cc1. The molecular weight excluding hydrogens is 296 g/mol. The highest BCUT2D eigenvalue weighted by Crippen LogP contribution is 2.33. The first kappa shape index (κ1) is 15.3. The predicted octanol–water partition coefficient (Wildman–Crippen LogP) is 3.33. The first-order valence-corrected chi connectivity index (χ1v) is 9.27. The van der Waals surface area contributed by atoms with Crippen molar-refractivity contribution in [3.8, 4) is 0 Å². The average molecular weight is 318 g/mol. The molecule has 1 aliphatic carbocycles. The summed E-state index contributed by atoms with van der Waals surface area (Å²) in [6.07, 6.45) is 6.01. The van der Waals surface area contributed by atoms with Gasteiger partial charge in [0.15, 0.2) is 0 Å². The Kier molecular flexibility index (Phi) is 4.36. The highest BCUT2D eigenvalue weighted by molar-refractivity contribution is 7.89. The zero-order valence-corrected chi connectivity index (χ0v) is 13.6. The monoisotopic (exact) mass is 318 g/mol. The normalized spacial score (nSPS) is 22.6. The van der Waals surface area contributed by atoms with Gasteiger partial charge in [-0.2, -0.15) is 0 Å². The second kappa shape index (κ2) is 6.26. The molecule has 2 N–H and O–H groups in total. The van der Waals surface area contributed by atoms with Crippen LogP contribution in [0.25, 0.3) is 0 Å². The van der Waals surface area contributed by atoms with Gasteiger partial charge in [0.2, 0.25) is 10.0 Å². The minimum Gasteiger partial charge on any atom is -0.365 e. The highest BCUT2D eigenvalue weighted by Gasteiger charge is 2.30. The molecule has 2 aromatic rings. The van der Waals surface area contributed by atoms with Gasteiger partial charge in [-0.25, -0.2) is 13.1 Å². The van der Waals surface area contributed by atoms with Crippen molar-refractivity contribution in [3.63, 3.8) is 0 Å². The van der Waals surface area contributed by atoms with E-state index < -0.39 is 10.0 Å². The second-order valence-corrected chi connectivity index (χ2v) is 7.77. The van der Waals surface area contributed by atoms with Crippen molar-refractivity contribution in [1.82, 2.24) is 9.71 Å². The van der Waals surface area contributed by atoms with E-state index in [1.165, 1.54) is 0 Å². The third kappa shape index (κ3) is 3.25. The van der Waals surface area contributed by atoms with Crippen LogP contribution in [0.2, 0.25) is 0 Å². The van der Waals surface area contributed by atoms with Gasteiger partial charge in [-0.05, 0) is 44.0 Å². The van der Waals surface area contributed by atoms with Gasteiger partial charge in [-0.3, -0.25) is 0 Å². The van der Waals surface area contributed by atoms with Gasteiger partial charge < -0.3 is 4.98 Å². The van der Waals surface area contributed by atoms with Gasteiger partial charge in [0.1, 0.15) is 0 Å². The number of nitrogens with one attached hydrogen (secondary N) is 2. The maximum absolute atomic E-state index is 12.6. The minimum atomic E-state index is -3.46. The van der Waals surface area contributed by atoms with Gasteiger partial charge in [-0.1, -0.05) is 30.5 Å². The summed E-state index contributed by atoms with van der Waals surface area (Å²) in [6, 6.07) is 11.0. The Balaban J connectivity index is 1.81. The fourth-order valence-corrected chi connectivity index (χ4v) is 4.51. The first-order chi connectivity index (χ1) is 10.6. The van der Waals surface area contributed by atoms with Gasteiger partial charge >= 0.3 is 0 Å².